The Hall–Kier alpha value is -1.18. The number of unbranched alkanes of at least 4 members (excludes halogenated alkanes) is 2. The van der Waals surface area contributed by atoms with E-state index >= 15 is 0 Å². The monoisotopic (exact) mass is 502 g/mol. The summed E-state index contributed by atoms with van der Waals surface area (Å²) < 4.78 is 28.4. The summed E-state index contributed by atoms with van der Waals surface area (Å²) in [4.78, 5) is 24.5. The molecular formula is C28H54O7. The zero-order valence-electron chi connectivity index (χ0n) is 23.8. The van der Waals surface area contributed by atoms with Gasteiger partial charge in [-0.25, -0.2) is 0 Å². The summed E-state index contributed by atoms with van der Waals surface area (Å²) >= 11 is 0. The minimum atomic E-state index is -0.292. The fourth-order valence-electron chi connectivity index (χ4n) is 3.57. The molecule has 0 N–H and O–H groups in total. The first-order chi connectivity index (χ1) is 16.7. The molecule has 7 heteroatoms. The Bertz CT molecular complexity index is 539. The first-order valence-electron chi connectivity index (χ1n) is 13.9. The highest BCUT2D eigenvalue weighted by molar-refractivity contribution is 5.72. The number of esters is 2. The van der Waals surface area contributed by atoms with Gasteiger partial charge in [0.25, 0.3) is 0 Å². The molecule has 0 bridgehead atoms. The van der Waals surface area contributed by atoms with Crippen LogP contribution in [0.4, 0.5) is 0 Å². The normalized spacial score (nSPS) is 16.7. The molecule has 0 aliphatic rings. The summed E-state index contributed by atoms with van der Waals surface area (Å²) in [7, 11) is 0. The van der Waals surface area contributed by atoms with Gasteiger partial charge in [-0.3, -0.25) is 9.59 Å². The van der Waals surface area contributed by atoms with Gasteiger partial charge in [0.2, 0.25) is 0 Å². The standard InChI is InChI=1S/C28H54O7/c1-9-13-15-25(11-3)27(29)34-19-23(7)32-17-21(5)31-18-22(6)33-20-24(8)35-28(30)26(12-4)16-14-10-2/h21-26H,9-20H2,1-8H3. The topological polar surface area (TPSA) is 80.3 Å². The maximum absolute atomic E-state index is 12.3. The van der Waals surface area contributed by atoms with Gasteiger partial charge in [-0.1, -0.05) is 53.4 Å². The van der Waals surface area contributed by atoms with Crippen LogP contribution < -0.4 is 0 Å². The number of carbonyl (C=O) groups is 2. The van der Waals surface area contributed by atoms with Gasteiger partial charge in [0, 0.05) is 0 Å². The predicted octanol–water partition coefficient (Wildman–Crippen LogP) is 6.11. The van der Waals surface area contributed by atoms with E-state index in [1.165, 1.54) is 0 Å². The minimum absolute atomic E-state index is 0.0220. The summed E-state index contributed by atoms with van der Waals surface area (Å²) in [6.07, 6.45) is 6.87. The van der Waals surface area contributed by atoms with E-state index in [1.54, 1.807) is 0 Å². The Morgan fingerprint density at radius 1 is 0.571 bits per heavy atom. The molecule has 0 spiro atoms. The first kappa shape index (κ1) is 33.8. The maximum Gasteiger partial charge on any atom is 0.309 e. The van der Waals surface area contributed by atoms with Gasteiger partial charge in [0.1, 0.15) is 12.7 Å². The van der Waals surface area contributed by atoms with Gasteiger partial charge < -0.3 is 23.7 Å². The fourth-order valence-corrected chi connectivity index (χ4v) is 3.57. The summed E-state index contributed by atoms with van der Waals surface area (Å²) in [5.41, 5.74) is 0. The number of rotatable bonds is 22. The molecule has 0 fully saturated rings. The average Bonchev–Trinajstić information content (AvgIpc) is 2.84. The lowest BCUT2D eigenvalue weighted by atomic mass is 10.00. The van der Waals surface area contributed by atoms with Gasteiger partial charge in [0.05, 0.1) is 50.0 Å². The van der Waals surface area contributed by atoms with Crippen LogP contribution in [0.2, 0.25) is 0 Å². The highest BCUT2D eigenvalue weighted by Crippen LogP contribution is 2.16. The number of hydrogen-bond donors (Lipinski definition) is 0. The fraction of sp³-hybridized carbons (Fsp3) is 0.929. The molecule has 0 amide bonds. The molecule has 0 heterocycles. The van der Waals surface area contributed by atoms with Crippen molar-refractivity contribution < 1.29 is 33.3 Å². The average molecular weight is 503 g/mol. The van der Waals surface area contributed by atoms with Crippen molar-refractivity contribution in [3.63, 3.8) is 0 Å². The summed E-state index contributed by atoms with van der Waals surface area (Å²) in [5, 5.41) is 0. The lowest BCUT2D eigenvalue weighted by Gasteiger charge is -2.22. The lowest BCUT2D eigenvalue weighted by Crippen LogP contribution is -2.30. The van der Waals surface area contributed by atoms with E-state index < -0.39 is 0 Å². The van der Waals surface area contributed by atoms with Crippen LogP contribution in [0.1, 0.15) is 107 Å². The van der Waals surface area contributed by atoms with Gasteiger partial charge in [-0.05, 0) is 53.4 Å². The Kier molecular flexibility index (Phi) is 20.3. The SMILES string of the molecule is CCCCC(CC)C(=O)OCC(C)OCC(C)OCC(C)OCC(C)OC(=O)C(CC)CCCC. The number of ether oxygens (including phenoxy) is 5. The van der Waals surface area contributed by atoms with E-state index in [4.69, 9.17) is 23.7 Å². The van der Waals surface area contributed by atoms with Crippen LogP contribution in [0.25, 0.3) is 0 Å². The zero-order valence-corrected chi connectivity index (χ0v) is 23.8. The molecular weight excluding hydrogens is 448 g/mol. The molecule has 0 aromatic rings. The summed E-state index contributed by atoms with van der Waals surface area (Å²) in [6, 6.07) is 0. The quantitative estimate of drug-likeness (QED) is 0.165. The van der Waals surface area contributed by atoms with Gasteiger partial charge >= 0.3 is 11.9 Å². The second kappa shape index (κ2) is 21.0. The Morgan fingerprint density at radius 2 is 0.971 bits per heavy atom. The van der Waals surface area contributed by atoms with E-state index in [0.29, 0.717) is 19.8 Å². The molecule has 6 atom stereocenters. The third kappa shape index (κ3) is 17.0. The van der Waals surface area contributed by atoms with Crippen molar-refractivity contribution >= 4 is 11.9 Å². The Labute approximate surface area is 214 Å². The van der Waals surface area contributed by atoms with Gasteiger partial charge in [0.15, 0.2) is 0 Å². The molecule has 0 aliphatic heterocycles. The Balaban J connectivity index is 4.07. The number of carbonyl (C=O) groups excluding carboxylic acids is 2. The molecule has 7 nitrogen and oxygen atoms in total. The van der Waals surface area contributed by atoms with Gasteiger partial charge in [-0.15, -0.1) is 0 Å². The van der Waals surface area contributed by atoms with Crippen molar-refractivity contribution in [1.82, 2.24) is 0 Å². The van der Waals surface area contributed by atoms with E-state index in [2.05, 4.69) is 13.8 Å². The van der Waals surface area contributed by atoms with Crippen LogP contribution >= 0.6 is 0 Å². The molecule has 0 rings (SSSR count). The molecule has 6 unspecified atom stereocenters. The van der Waals surface area contributed by atoms with Crippen molar-refractivity contribution in [3.8, 4) is 0 Å². The number of hydrogen-bond acceptors (Lipinski definition) is 7. The van der Waals surface area contributed by atoms with Crippen molar-refractivity contribution in [1.29, 1.82) is 0 Å². The highest BCUT2D eigenvalue weighted by atomic mass is 16.6. The third-order valence-corrected chi connectivity index (χ3v) is 6.09. The largest absolute Gasteiger partial charge is 0.463 e. The zero-order chi connectivity index (χ0) is 26.6. The summed E-state index contributed by atoms with van der Waals surface area (Å²) in [5.74, 6) is -0.305. The van der Waals surface area contributed by atoms with Crippen LogP contribution in [0.15, 0.2) is 0 Å². The van der Waals surface area contributed by atoms with Crippen LogP contribution in [-0.4, -0.2) is 62.8 Å². The molecule has 0 aromatic carbocycles. The molecule has 0 aliphatic carbocycles. The van der Waals surface area contributed by atoms with Crippen molar-refractivity contribution in [2.75, 3.05) is 26.4 Å². The van der Waals surface area contributed by atoms with Gasteiger partial charge in [-0.2, -0.15) is 0 Å². The van der Waals surface area contributed by atoms with E-state index in [-0.39, 0.29) is 54.8 Å². The molecule has 0 saturated carbocycles. The Morgan fingerprint density at radius 3 is 1.40 bits per heavy atom. The third-order valence-electron chi connectivity index (χ3n) is 6.09. The second-order valence-corrected chi connectivity index (χ2v) is 9.80. The lowest BCUT2D eigenvalue weighted by molar-refractivity contribution is -0.158. The van der Waals surface area contributed by atoms with Crippen molar-refractivity contribution in [3.05, 3.63) is 0 Å². The molecule has 0 saturated heterocycles. The summed E-state index contributed by atoms with van der Waals surface area (Å²) in [6.45, 7) is 17.3. The van der Waals surface area contributed by atoms with Crippen LogP contribution in [0.3, 0.4) is 0 Å². The van der Waals surface area contributed by atoms with E-state index in [1.807, 2.05) is 41.5 Å². The first-order valence-corrected chi connectivity index (χ1v) is 13.9. The van der Waals surface area contributed by atoms with Crippen LogP contribution in [-0.2, 0) is 33.3 Å². The molecule has 35 heavy (non-hydrogen) atoms. The minimum Gasteiger partial charge on any atom is -0.463 e. The molecule has 0 radical (unpaired) electrons. The van der Waals surface area contributed by atoms with Crippen molar-refractivity contribution in [2.45, 2.75) is 131 Å². The van der Waals surface area contributed by atoms with Crippen LogP contribution in [0.5, 0.6) is 0 Å². The molecule has 0 aromatic heterocycles. The second-order valence-electron chi connectivity index (χ2n) is 9.80. The van der Waals surface area contributed by atoms with Crippen molar-refractivity contribution in [2.24, 2.45) is 11.8 Å². The maximum atomic E-state index is 12.3. The smallest absolute Gasteiger partial charge is 0.309 e. The van der Waals surface area contributed by atoms with E-state index in [9.17, 15) is 9.59 Å². The highest BCUT2D eigenvalue weighted by Gasteiger charge is 2.21. The molecule has 208 valence electrons. The predicted molar refractivity (Wildman–Crippen MR) is 139 cm³/mol. The van der Waals surface area contributed by atoms with E-state index in [0.717, 1.165) is 51.4 Å². The van der Waals surface area contributed by atoms with Crippen LogP contribution in [0, 0.1) is 11.8 Å².